The normalized spacial score (nSPS) is 25.5. The second-order valence-corrected chi connectivity index (χ2v) is 7.25. The average molecular weight is 336 g/mol. The van der Waals surface area contributed by atoms with E-state index in [0.29, 0.717) is 26.2 Å². The molecule has 24 heavy (non-hydrogen) atoms. The van der Waals surface area contributed by atoms with Crippen LogP contribution in [0.2, 0.25) is 0 Å². The van der Waals surface area contributed by atoms with Gasteiger partial charge in [0.2, 0.25) is 11.8 Å². The van der Waals surface area contributed by atoms with Gasteiger partial charge in [0.1, 0.15) is 0 Å². The lowest BCUT2D eigenvalue weighted by Crippen LogP contribution is -2.48. The first-order chi connectivity index (χ1) is 11.6. The summed E-state index contributed by atoms with van der Waals surface area (Å²) >= 11 is 0. The predicted octanol–water partition coefficient (Wildman–Crippen LogP) is 1.44. The first-order valence-electron chi connectivity index (χ1n) is 9.34. The van der Waals surface area contributed by atoms with Crippen LogP contribution < -0.4 is 0 Å². The SMILES string of the molecule is CCOC(=O)C1CCCN(C(=O)C2CCN(C(=O)C3CC3)CC2)C1. The Morgan fingerprint density at radius 1 is 0.833 bits per heavy atom. The van der Waals surface area contributed by atoms with Gasteiger partial charge in [-0.2, -0.15) is 0 Å². The third-order valence-corrected chi connectivity index (χ3v) is 5.44. The van der Waals surface area contributed by atoms with Crippen LogP contribution in [0, 0.1) is 17.8 Å². The molecule has 6 heteroatoms. The maximum Gasteiger partial charge on any atom is 0.310 e. The Bertz CT molecular complexity index is 495. The molecule has 3 aliphatic rings. The second kappa shape index (κ2) is 7.53. The topological polar surface area (TPSA) is 66.9 Å². The second-order valence-electron chi connectivity index (χ2n) is 7.25. The molecule has 2 heterocycles. The number of ether oxygens (including phenoxy) is 1. The van der Waals surface area contributed by atoms with Gasteiger partial charge in [-0.25, -0.2) is 0 Å². The first kappa shape index (κ1) is 17.2. The van der Waals surface area contributed by atoms with Crippen LogP contribution in [0.4, 0.5) is 0 Å². The summed E-state index contributed by atoms with van der Waals surface area (Å²) in [4.78, 5) is 40.6. The van der Waals surface area contributed by atoms with Crippen molar-refractivity contribution >= 4 is 17.8 Å². The molecule has 0 bridgehead atoms. The fourth-order valence-electron chi connectivity index (χ4n) is 3.82. The van der Waals surface area contributed by atoms with Gasteiger partial charge in [-0.15, -0.1) is 0 Å². The summed E-state index contributed by atoms with van der Waals surface area (Å²) in [6.07, 6.45) is 5.21. The van der Waals surface area contributed by atoms with E-state index in [-0.39, 0.29) is 35.5 Å². The molecule has 0 aromatic heterocycles. The number of carbonyl (C=O) groups excluding carboxylic acids is 3. The van der Waals surface area contributed by atoms with Crippen molar-refractivity contribution in [1.29, 1.82) is 0 Å². The average Bonchev–Trinajstić information content (AvgIpc) is 3.46. The minimum atomic E-state index is -0.181. The van der Waals surface area contributed by atoms with E-state index >= 15 is 0 Å². The monoisotopic (exact) mass is 336 g/mol. The highest BCUT2D eigenvalue weighted by Crippen LogP contribution is 2.33. The summed E-state index contributed by atoms with van der Waals surface area (Å²) in [6.45, 7) is 4.80. The zero-order valence-corrected chi connectivity index (χ0v) is 14.5. The molecule has 2 aliphatic heterocycles. The lowest BCUT2D eigenvalue weighted by molar-refractivity contribution is -0.152. The van der Waals surface area contributed by atoms with Gasteiger partial charge in [0.05, 0.1) is 12.5 Å². The van der Waals surface area contributed by atoms with Gasteiger partial charge in [0, 0.05) is 38.0 Å². The Balaban J connectivity index is 1.49. The molecule has 0 spiro atoms. The largest absolute Gasteiger partial charge is 0.466 e. The van der Waals surface area contributed by atoms with Crippen LogP contribution >= 0.6 is 0 Å². The van der Waals surface area contributed by atoms with Crippen LogP contribution in [0.1, 0.15) is 45.4 Å². The standard InChI is InChI=1S/C18H28N2O4/c1-2-24-18(23)15-4-3-9-20(12-15)17(22)14-7-10-19(11-8-14)16(21)13-5-6-13/h13-15H,2-12H2,1H3. The number of piperidine rings is 2. The van der Waals surface area contributed by atoms with Crippen molar-refractivity contribution in [3.8, 4) is 0 Å². The third-order valence-electron chi connectivity index (χ3n) is 5.44. The highest BCUT2D eigenvalue weighted by atomic mass is 16.5. The number of amides is 2. The molecule has 2 saturated heterocycles. The predicted molar refractivity (Wildman–Crippen MR) is 88.0 cm³/mol. The molecule has 3 rings (SSSR count). The van der Waals surface area contributed by atoms with Crippen molar-refractivity contribution in [2.75, 3.05) is 32.8 Å². The van der Waals surface area contributed by atoms with E-state index in [4.69, 9.17) is 4.74 Å². The van der Waals surface area contributed by atoms with Crippen molar-refractivity contribution in [2.24, 2.45) is 17.8 Å². The molecule has 0 aromatic carbocycles. The Hall–Kier alpha value is -1.59. The minimum absolute atomic E-state index is 0.00537. The molecule has 0 N–H and O–H groups in total. The Labute approximate surface area is 143 Å². The minimum Gasteiger partial charge on any atom is -0.466 e. The lowest BCUT2D eigenvalue weighted by atomic mass is 9.92. The third kappa shape index (κ3) is 3.90. The quantitative estimate of drug-likeness (QED) is 0.729. The van der Waals surface area contributed by atoms with Gasteiger partial charge < -0.3 is 14.5 Å². The van der Waals surface area contributed by atoms with Crippen molar-refractivity contribution in [3.05, 3.63) is 0 Å². The molecule has 3 fully saturated rings. The van der Waals surface area contributed by atoms with Gasteiger partial charge in [-0.1, -0.05) is 0 Å². The number of nitrogens with zero attached hydrogens (tertiary/aromatic N) is 2. The van der Waals surface area contributed by atoms with E-state index in [1.807, 2.05) is 9.80 Å². The maximum absolute atomic E-state index is 12.8. The van der Waals surface area contributed by atoms with E-state index in [0.717, 1.165) is 45.1 Å². The summed E-state index contributed by atoms with van der Waals surface area (Å²) in [5.74, 6) is 0.321. The van der Waals surface area contributed by atoms with Crippen LogP contribution in [-0.4, -0.2) is 60.4 Å². The van der Waals surface area contributed by atoms with E-state index in [9.17, 15) is 14.4 Å². The Morgan fingerprint density at radius 3 is 2.08 bits per heavy atom. The van der Waals surface area contributed by atoms with Crippen LogP contribution in [0.15, 0.2) is 0 Å². The number of likely N-dealkylation sites (tertiary alicyclic amines) is 2. The van der Waals surface area contributed by atoms with Crippen molar-refractivity contribution in [2.45, 2.75) is 45.4 Å². The maximum atomic E-state index is 12.8. The number of esters is 1. The van der Waals surface area contributed by atoms with E-state index in [2.05, 4.69) is 0 Å². The summed E-state index contributed by atoms with van der Waals surface area (Å²) in [7, 11) is 0. The fraction of sp³-hybridized carbons (Fsp3) is 0.833. The van der Waals surface area contributed by atoms with Crippen molar-refractivity contribution in [1.82, 2.24) is 9.80 Å². The lowest BCUT2D eigenvalue weighted by Gasteiger charge is -2.37. The van der Waals surface area contributed by atoms with E-state index in [1.165, 1.54) is 0 Å². The van der Waals surface area contributed by atoms with Crippen LogP contribution in [0.5, 0.6) is 0 Å². The fourth-order valence-corrected chi connectivity index (χ4v) is 3.82. The van der Waals surface area contributed by atoms with Crippen LogP contribution in [-0.2, 0) is 19.1 Å². The molecule has 1 unspecified atom stereocenters. The van der Waals surface area contributed by atoms with Gasteiger partial charge >= 0.3 is 5.97 Å². The van der Waals surface area contributed by atoms with Gasteiger partial charge in [0.25, 0.3) is 0 Å². The van der Waals surface area contributed by atoms with Gasteiger partial charge in [0.15, 0.2) is 0 Å². The molecule has 134 valence electrons. The first-order valence-corrected chi connectivity index (χ1v) is 9.34. The Kier molecular flexibility index (Phi) is 5.41. The summed E-state index contributed by atoms with van der Waals surface area (Å²) in [6, 6.07) is 0. The molecule has 0 radical (unpaired) electrons. The number of hydrogen-bond donors (Lipinski definition) is 0. The molecule has 0 aromatic rings. The van der Waals surface area contributed by atoms with E-state index in [1.54, 1.807) is 6.92 Å². The summed E-state index contributed by atoms with van der Waals surface area (Å²) in [5, 5.41) is 0. The summed E-state index contributed by atoms with van der Waals surface area (Å²) in [5.41, 5.74) is 0. The number of hydrogen-bond acceptors (Lipinski definition) is 4. The molecule has 2 amide bonds. The number of carbonyl (C=O) groups is 3. The zero-order chi connectivity index (χ0) is 17.1. The van der Waals surface area contributed by atoms with E-state index < -0.39 is 0 Å². The molecule has 1 saturated carbocycles. The van der Waals surface area contributed by atoms with Crippen LogP contribution in [0.25, 0.3) is 0 Å². The molecular weight excluding hydrogens is 308 g/mol. The highest BCUT2D eigenvalue weighted by molar-refractivity contribution is 5.83. The molecule has 6 nitrogen and oxygen atoms in total. The highest BCUT2D eigenvalue weighted by Gasteiger charge is 2.38. The molecule has 1 atom stereocenters. The van der Waals surface area contributed by atoms with Gasteiger partial charge in [-0.3, -0.25) is 14.4 Å². The summed E-state index contributed by atoms with van der Waals surface area (Å²) < 4.78 is 5.10. The molecule has 1 aliphatic carbocycles. The van der Waals surface area contributed by atoms with Crippen molar-refractivity contribution < 1.29 is 19.1 Å². The Morgan fingerprint density at radius 2 is 1.46 bits per heavy atom. The van der Waals surface area contributed by atoms with Gasteiger partial charge in [-0.05, 0) is 45.4 Å². The molecular formula is C18H28N2O4. The number of rotatable bonds is 4. The smallest absolute Gasteiger partial charge is 0.310 e. The van der Waals surface area contributed by atoms with Crippen LogP contribution in [0.3, 0.4) is 0 Å². The zero-order valence-electron chi connectivity index (χ0n) is 14.5. The van der Waals surface area contributed by atoms with Crippen molar-refractivity contribution in [3.63, 3.8) is 0 Å².